The molecule has 0 heterocycles. The molecule has 0 amide bonds. The average Bonchev–Trinajstić information content (AvgIpc) is 2.64. The smallest absolute Gasteiger partial charge is 0.0656 e. The summed E-state index contributed by atoms with van der Waals surface area (Å²) in [7, 11) is 0. The van der Waals surface area contributed by atoms with Crippen molar-refractivity contribution in [2.45, 2.75) is 44.9 Å². The number of benzene rings is 1. The van der Waals surface area contributed by atoms with E-state index in [4.69, 9.17) is 0 Å². The summed E-state index contributed by atoms with van der Waals surface area (Å²) in [5.74, 6) is 1.32. The van der Waals surface area contributed by atoms with Crippen LogP contribution in [0.1, 0.15) is 50.5 Å². The fraction of sp³-hybridized carbons (Fsp3) is 0.562. The molecular formula is C16H21N. The van der Waals surface area contributed by atoms with Crippen LogP contribution in [0.3, 0.4) is 0 Å². The Morgan fingerprint density at radius 1 is 1.12 bits per heavy atom. The number of rotatable bonds is 2. The zero-order valence-corrected chi connectivity index (χ0v) is 10.6. The Bertz CT molecular complexity index is 376. The maximum absolute atomic E-state index is 9.19. The third-order valence-electron chi connectivity index (χ3n) is 4.14. The summed E-state index contributed by atoms with van der Waals surface area (Å²) < 4.78 is 0. The highest BCUT2D eigenvalue weighted by atomic mass is 14.4. The van der Waals surface area contributed by atoms with Gasteiger partial charge in [0.1, 0.15) is 0 Å². The molecule has 0 aromatic heterocycles. The molecule has 1 saturated carbocycles. The van der Waals surface area contributed by atoms with Gasteiger partial charge in [-0.25, -0.2) is 0 Å². The Hall–Kier alpha value is -1.29. The molecule has 0 aliphatic heterocycles. The lowest BCUT2D eigenvalue weighted by Crippen LogP contribution is -2.18. The Morgan fingerprint density at radius 3 is 2.53 bits per heavy atom. The van der Waals surface area contributed by atoms with E-state index in [0.29, 0.717) is 11.8 Å². The minimum absolute atomic E-state index is 0.179. The van der Waals surface area contributed by atoms with E-state index >= 15 is 0 Å². The molecular weight excluding hydrogens is 206 g/mol. The van der Waals surface area contributed by atoms with E-state index in [1.165, 1.54) is 37.7 Å². The summed E-state index contributed by atoms with van der Waals surface area (Å²) in [4.78, 5) is 0. The third kappa shape index (κ3) is 2.88. The van der Waals surface area contributed by atoms with Crippen LogP contribution in [0.2, 0.25) is 0 Å². The first-order valence-corrected chi connectivity index (χ1v) is 6.77. The lowest BCUT2D eigenvalue weighted by molar-refractivity contribution is 0.331. The maximum atomic E-state index is 9.19. The molecule has 1 nitrogen and oxygen atoms in total. The predicted octanol–water partition coefficient (Wildman–Crippen LogP) is 4.51. The van der Waals surface area contributed by atoms with Gasteiger partial charge in [-0.05, 0) is 37.2 Å². The van der Waals surface area contributed by atoms with Crippen molar-refractivity contribution in [2.75, 3.05) is 0 Å². The zero-order chi connectivity index (χ0) is 12.1. The highest BCUT2D eigenvalue weighted by Gasteiger charge is 2.29. The van der Waals surface area contributed by atoms with E-state index in [-0.39, 0.29) is 5.92 Å². The van der Waals surface area contributed by atoms with Crippen LogP contribution in [0.15, 0.2) is 30.3 Å². The maximum Gasteiger partial charge on any atom is 0.0656 e. The second kappa shape index (κ2) is 5.87. The largest absolute Gasteiger partial charge is 0.198 e. The quantitative estimate of drug-likeness (QED) is 0.682. The molecule has 3 unspecified atom stereocenters. The molecule has 2 rings (SSSR count). The molecule has 1 fully saturated rings. The molecule has 17 heavy (non-hydrogen) atoms. The molecule has 1 aromatic carbocycles. The number of nitrogens with zero attached hydrogens (tertiary/aromatic N) is 1. The lowest BCUT2D eigenvalue weighted by Gasteiger charge is -2.27. The number of hydrogen-bond acceptors (Lipinski definition) is 1. The van der Waals surface area contributed by atoms with Crippen LogP contribution in [0.25, 0.3) is 0 Å². The highest BCUT2D eigenvalue weighted by molar-refractivity contribution is 5.21. The molecule has 0 saturated heterocycles. The zero-order valence-electron chi connectivity index (χ0n) is 10.6. The molecule has 3 atom stereocenters. The predicted molar refractivity (Wildman–Crippen MR) is 70.5 cm³/mol. The first-order chi connectivity index (χ1) is 8.33. The van der Waals surface area contributed by atoms with Crippen molar-refractivity contribution in [3.8, 4) is 6.07 Å². The standard InChI is InChI=1S/C16H21N/c1-13(12-17)15-10-6-3-7-11-16(15)14-8-4-2-5-9-14/h2,4-5,8-9,13,15-16H,3,6-7,10-11H2,1H3. The van der Waals surface area contributed by atoms with E-state index in [1.54, 1.807) is 0 Å². The summed E-state index contributed by atoms with van der Waals surface area (Å²) >= 11 is 0. The molecule has 1 heteroatoms. The van der Waals surface area contributed by atoms with Gasteiger partial charge in [0.25, 0.3) is 0 Å². The Labute approximate surface area is 104 Å². The molecule has 0 N–H and O–H groups in total. The van der Waals surface area contributed by atoms with Gasteiger partial charge in [-0.15, -0.1) is 0 Å². The molecule has 0 radical (unpaired) electrons. The van der Waals surface area contributed by atoms with Crippen LogP contribution in [0.4, 0.5) is 0 Å². The van der Waals surface area contributed by atoms with Gasteiger partial charge >= 0.3 is 0 Å². The average molecular weight is 227 g/mol. The van der Waals surface area contributed by atoms with Crippen LogP contribution in [0.5, 0.6) is 0 Å². The monoisotopic (exact) mass is 227 g/mol. The van der Waals surface area contributed by atoms with E-state index in [1.807, 2.05) is 0 Å². The fourth-order valence-corrected chi connectivity index (χ4v) is 3.14. The van der Waals surface area contributed by atoms with E-state index in [9.17, 15) is 5.26 Å². The van der Waals surface area contributed by atoms with Crippen molar-refractivity contribution in [3.63, 3.8) is 0 Å². The van der Waals surface area contributed by atoms with Gasteiger partial charge in [0.2, 0.25) is 0 Å². The van der Waals surface area contributed by atoms with Crippen LogP contribution in [-0.4, -0.2) is 0 Å². The van der Waals surface area contributed by atoms with Gasteiger partial charge in [0.05, 0.1) is 6.07 Å². The number of hydrogen-bond donors (Lipinski definition) is 0. The van der Waals surface area contributed by atoms with Crippen molar-refractivity contribution in [2.24, 2.45) is 11.8 Å². The first kappa shape index (κ1) is 12.2. The van der Waals surface area contributed by atoms with Crippen LogP contribution < -0.4 is 0 Å². The van der Waals surface area contributed by atoms with E-state index < -0.39 is 0 Å². The first-order valence-electron chi connectivity index (χ1n) is 6.77. The molecule has 1 aliphatic carbocycles. The summed E-state index contributed by atoms with van der Waals surface area (Å²) in [6.45, 7) is 2.09. The van der Waals surface area contributed by atoms with Crippen molar-refractivity contribution in [3.05, 3.63) is 35.9 Å². The fourth-order valence-electron chi connectivity index (χ4n) is 3.14. The third-order valence-corrected chi connectivity index (χ3v) is 4.14. The van der Waals surface area contributed by atoms with E-state index in [0.717, 1.165) is 0 Å². The molecule has 1 aliphatic rings. The second-order valence-electron chi connectivity index (χ2n) is 5.24. The lowest BCUT2D eigenvalue weighted by atomic mass is 9.76. The van der Waals surface area contributed by atoms with Crippen LogP contribution in [0, 0.1) is 23.2 Å². The molecule has 90 valence electrons. The van der Waals surface area contributed by atoms with Gasteiger partial charge in [-0.1, -0.05) is 49.6 Å². The summed E-state index contributed by atoms with van der Waals surface area (Å²) in [5, 5.41) is 9.19. The summed E-state index contributed by atoms with van der Waals surface area (Å²) in [6, 6.07) is 13.2. The minimum atomic E-state index is 0.179. The van der Waals surface area contributed by atoms with Crippen LogP contribution >= 0.6 is 0 Å². The van der Waals surface area contributed by atoms with E-state index in [2.05, 4.69) is 43.3 Å². The summed E-state index contributed by atoms with van der Waals surface area (Å²) in [6.07, 6.45) is 6.40. The van der Waals surface area contributed by atoms with Gasteiger partial charge in [0.15, 0.2) is 0 Å². The SMILES string of the molecule is CC(C#N)C1CCCCCC1c1ccccc1. The van der Waals surface area contributed by atoms with Crippen LogP contribution in [-0.2, 0) is 0 Å². The van der Waals surface area contributed by atoms with Crippen molar-refractivity contribution in [1.29, 1.82) is 5.26 Å². The summed E-state index contributed by atoms with van der Waals surface area (Å²) in [5.41, 5.74) is 1.43. The Kier molecular flexibility index (Phi) is 4.20. The molecule has 0 bridgehead atoms. The number of nitriles is 1. The second-order valence-corrected chi connectivity index (χ2v) is 5.24. The van der Waals surface area contributed by atoms with Gasteiger partial charge < -0.3 is 0 Å². The van der Waals surface area contributed by atoms with Crippen molar-refractivity contribution in [1.82, 2.24) is 0 Å². The van der Waals surface area contributed by atoms with Gasteiger partial charge in [-0.3, -0.25) is 0 Å². The van der Waals surface area contributed by atoms with Crippen molar-refractivity contribution < 1.29 is 0 Å². The van der Waals surface area contributed by atoms with Gasteiger partial charge in [0, 0.05) is 5.92 Å². The Balaban J connectivity index is 2.24. The highest BCUT2D eigenvalue weighted by Crippen LogP contribution is 2.40. The normalized spacial score (nSPS) is 26.8. The molecule has 0 spiro atoms. The molecule has 1 aromatic rings. The minimum Gasteiger partial charge on any atom is -0.198 e. The topological polar surface area (TPSA) is 23.8 Å². The van der Waals surface area contributed by atoms with Gasteiger partial charge in [-0.2, -0.15) is 5.26 Å². The Morgan fingerprint density at radius 2 is 1.82 bits per heavy atom. The van der Waals surface area contributed by atoms with Crippen molar-refractivity contribution >= 4 is 0 Å².